The molecule has 0 saturated carbocycles. The van der Waals surface area contributed by atoms with Crippen LogP contribution in [0, 0.1) is 6.92 Å². The summed E-state index contributed by atoms with van der Waals surface area (Å²) in [6, 6.07) is 5.92. The molecule has 0 spiro atoms. The van der Waals surface area contributed by atoms with Gasteiger partial charge < -0.3 is 20.1 Å². The molecule has 1 aliphatic heterocycles. The van der Waals surface area contributed by atoms with E-state index in [-0.39, 0.29) is 0 Å². The number of nitrogens with one attached hydrogen (secondary N) is 3. The zero-order valence-corrected chi connectivity index (χ0v) is 12.3. The smallest absolute Gasteiger partial charge is 0.161 e. The van der Waals surface area contributed by atoms with E-state index in [0.717, 1.165) is 46.5 Å². The molecule has 21 heavy (non-hydrogen) atoms. The summed E-state index contributed by atoms with van der Waals surface area (Å²) in [6.45, 7) is 2.69. The third-order valence-electron chi connectivity index (χ3n) is 3.38. The van der Waals surface area contributed by atoms with Crippen molar-refractivity contribution in [2.45, 2.75) is 13.5 Å². The van der Waals surface area contributed by atoms with E-state index in [4.69, 9.17) is 9.47 Å². The van der Waals surface area contributed by atoms with E-state index in [1.807, 2.05) is 31.2 Å². The van der Waals surface area contributed by atoms with Crippen LogP contribution >= 0.6 is 0 Å². The summed E-state index contributed by atoms with van der Waals surface area (Å²) < 4.78 is 10.7. The van der Waals surface area contributed by atoms with Crippen molar-refractivity contribution in [2.24, 2.45) is 0 Å². The highest BCUT2D eigenvalue weighted by molar-refractivity contribution is 5.66. The van der Waals surface area contributed by atoms with Gasteiger partial charge in [0.25, 0.3) is 0 Å². The van der Waals surface area contributed by atoms with Gasteiger partial charge in [0.1, 0.15) is 5.82 Å². The number of rotatable bonds is 4. The van der Waals surface area contributed by atoms with Gasteiger partial charge in [-0.1, -0.05) is 0 Å². The molecule has 1 aromatic heterocycles. The summed E-state index contributed by atoms with van der Waals surface area (Å²) in [6.07, 6.45) is 2.03. The lowest BCUT2D eigenvalue weighted by atomic mass is 10.0. The second-order valence-corrected chi connectivity index (χ2v) is 4.88. The molecule has 6 nitrogen and oxygen atoms in total. The van der Waals surface area contributed by atoms with Crippen molar-refractivity contribution in [3.05, 3.63) is 40.8 Å². The van der Waals surface area contributed by atoms with Crippen LogP contribution in [-0.2, 0) is 6.54 Å². The Morgan fingerprint density at radius 2 is 1.90 bits per heavy atom. The zero-order chi connectivity index (χ0) is 14.8. The molecule has 0 bridgehead atoms. The second kappa shape index (κ2) is 5.40. The fourth-order valence-corrected chi connectivity index (χ4v) is 2.32. The summed E-state index contributed by atoms with van der Waals surface area (Å²) >= 11 is 0. The zero-order valence-electron chi connectivity index (χ0n) is 12.3. The molecule has 6 heteroatoms. The minimum absolute atomic E-state index is 0.720. The minimum Gasteiger partial charge on any atom is -0.493 e. The Bertz CT molecular complexity index is 691. The highest BCUT2D eigenvalue weighted by atomic mass is 16.5. The Morgan fingerprint density at radius 3 is 2.57 bits per heavy atom. The molecule has 0 saturated heterocycles. The van der Waals surface area contributed by atoms with Crippen molar-refractivity contribution >= 4 is 11.9 Å². The van der Waals surface area contributed by atoms with Crippen LogP contribution in [0.4, 0.5) is 5.82 Å². The van der Waals surface area contributed by atoms with E-state index in [0.29, 0.717) is 0 Å². The van der Waals surface area contributed by atoms with E-state index in [1.54, 1.807) is 14.2 Å². The molecule has 1 aliphatic rings. The van der Waals surface area contributed by atoms with Crippen molar-refractivity contribution in [3.8, 4) is 11.5 Å². The van der Waals surface area contributed by atoms with Crippen molar-refractivity contribution < 1.29 is 9.47 Å². The van der Waals surface area contributed by atoms with Gasteiger partial charge in [0.15, 0.2) is 17.3 Å². The topological polar surface area (TPSA) is 71.2 Å². The van der Waals surface area contributed by atoms with E-state index in [9.17, 15) is 0 Å². The van der Waals surface area contributed by atoms with Gasteiger partial charge in [-0.3, -0.25) is 5.10 Å². The first-order valence-electron chi connectivity index (χ1n) is 6.69. The summed E-state index contributed by atoms with van der Waals surface area (Å²) in [5.74, 6) is 3.16. The molecule has 0 amide bonds. The molecule has 3 N–H and O–H groups in total. The number of aromatic amines is 1. The van der Waals surface area contributed by atoms with Crippen LogP contribution in [0.2, 0.25) is 0 Å². The first-order valence-corrected chi connectivity index (χ1v) is 6.69. The molecule has 3 rings (SSSR count). The highest BCUT2D eigenvalue weighted by Gasteiger charge is 2.15. The number of aryl methyl sites for hydroxylation is 1. The van der Waals surface area contributed by atoms with Crippen LogP contribution in [0.15, 0.2) is 24.0 Å². The Hall–Kier alpha value is -2.63. The van der Waals surface area contributed by atoms with Crippen LogP contribution in [-0.4, -0.2) is 24.4 Å². The molecule has 0 atom stereocenters. The monoisotopic (exact) mass is 286 g/mol. The molecule has 0 radical (unpaired) electrons. The third-order valence-corrected chi connectivity index (χ3v) is 3.38. The van der Waals surface area contributed by atoms with Gasteiger partial charge in [-0.05, 0) is 36.3 Å². The summed E-state index contributed by atoms with van der Waals surface area (Å²) in [5, 5.41) is 13.6. The van der Waals surface area contributed by atoms with E-state index in [1.165, 1.54) is 0 Å². The normalized spacial score (nSPS) is 13.0. The van der Waals surface area contributed by atoms with Crippen LogP contribution in [0.5, 0.6) is 11.5 Å². The number of hydrogen-bond acceptors (Lipinski definition) is 5. The van der Waals surface area contributed by atoms with Gasteiger partial charge in [-0.25, -0.2) is 0 Å². The number of aromatic nitrogens is 2. The average Bonchev–Trinajstić information content (AvgIpc) is 2.90. The third kappa shape index (κ3) is 2.65. The van der Waals surface area contributed by atoms with E-state index in [2.05, 4.69) is 20.8 Å². The number of methoxy groups -OCH3 is 2. The van der Waals surface area contributed by atoms with Gasteiger partial charge in [0.05, 0.1) is 14.2 Å². The molecule has 110 valence electrons. The second-order valence-electron chi connectivity index (χ2n) is 4.88. The summed E-state index contributed by atoms with van der Waals surface area (Å²) in [4.78, 5) is 0. The van der Waals surface area contributed by atoms with Crippen molar-refractivity contribution in [1.29, 1.82) is 0 Å². The number of hydrogen-bond donors (Lipinski definition) is 3. The van der Waals surface area contributed by atoms with Crippen LogP contribution < -0.4 is 20.1 Å². The van der Waals surface area contributed by atoms with Gasteiger partial charge >= 0.3 is 0 Å². The van der Waals surface area contributed by atoms with Crippen LogP contribution in [0.25, 0.3) is 6.08 Å². The van der Waals surface area contributed by atoms with Crippen LogP contribution in [0.1, 0.15) is 16.8 Å². The first-order chi connectivity index (χ1) is 10.2. The molecule has 2 aromatic rings. The fourth-order valence-electron chi connectivity index (χ4n) is 2.32. The Labute approximate surface area is 123 Å². The fraction of sp³-hybridized carbons (Fsp3) is 0.267. The maximum atomic E-state index is 5.35. The molecular weight excluding hydrogens is 268 g/mol. The number of anilines is 1. The number of benzene rings is 1. The van der Waals surface area contributed by atoms with Gasteiger partial charge in [0.2, 0.25) is 0 Å². The maximum absolute atomic E-state index is 5.35. The average molecular weight is 286 g/mol. The summed E-state index contributed by atoms with van der Waals surface area (Å²) in [7, 11) is 3.28. The highest BCUT2D eigenvalue weighted by Crippen LogP contribution is 2.33. The largest absolute Gasteiger partial charge is 0.493 e. The minimum atomic E-state index is 0.720. The lowest BCUT2D eigenvalue weighted by Crippen LogP contribution is -2.23. The Morgan fingerprint density at radius 1 is 1.14 bits per heavy atom. The van der Waals surface area contributed by atoms with Crippen LogP contribution in [0.3, 0.4) is 0 Å². The lowest BCUT2D eigenvalue weighted by Gasteiger charge is -2.21. The number of ether oxygens (including phenoxy) is 2. The standard InChI is InChI=1S/C15H18N4O2/c1-9-4-15(19-18-9)17-14-7-10-5-12(20-2)13(21-3)6-11(10)8-16-14/h4-7,16H,8H2,1-3H3,(H2,17,18,19). The SMILES string of the molecule is COc1cc2c(cc1OC)CNC(Nc1cc(C)[nH]n1)=C2. The predicted octanol–water partition coefficient (Wildman–Crippen LogP) is 2.25. The summed E-state index contributed by atoms with van der Waals surface area (Å²) in [5.41, 5.74) is 3.28. The maximum Gasteiger partial charge on any atom is 0.161 e. The lowest BCUT2D eigenvalue weighted by molar-refractivity contribution is 0.354. The van der Waals surface area contributed by atoms with Crippen molar-refractivity contribution in [3.63, 3.8) is 0 Å². The molecule has 0 aliphatic carbocycles. The van der Waals surface area contributed by atoms with Crippen molar-refractivity contribution in [2.75, 3.05) is 19.5 Å². The predicted molar refractivity (Wildman–Crippen MR) is 81.3 cm³/mol. The van der Waals surface area contributed by atoms with E-state index >= 15 is 0 Å². The molecule has 2 heterocycles. The van der Waals surface area contributed by atoms with E-state index < -0.39 is 0 Å². The Balaban J connectivity index is 1.89. The molecule has 0 fully saturated rings. The van der Waals surface area contributed by atoms with Gasteiger partial charge in [-0.15, -0.1) is 0 Å². The van der Waals surface area contributed by atoms with Gasteiger partial charge in [-0.2, -0.15) is 5.10 Å². The van der Waals surface area contributed by atoms with Crippen molar-refractivity contribution in [1.82, 2.24) is 15.5 Å². The molecular formula is C15H18N4O2. The molecule has 1 aromatic carbocycles. The number of fused-ring (bicyclic) bond motifs is 1. The number of nitrogens with zero attached hydrogens (tertiary/aromatic N) is 1. The first kappa shape index (κ1) is 13.4. The Kier molecular flexibility index (Phi) is 3.43. The van der Waals surface area contributed by atoms with Gasteiger partial charge in [0, 0.05) is 18.3 Å². The number of H-pyrrole nitrogens is 1. The quantitative estimate of drug-likeness (QED) is 0.804. The molecule has 0 unspecified atom stereocenters.